The molecular weight excluding hydrogens is 546 g/mol. The summed E-state index contributed by atoms with van der Waals surface area (Å²) in [4.78, 5) is 0. The molecule has 2 heteroatoms. The number of quaternary nitrogens is 1. The van der Waals surface area contributed by atoms with Crippen molar-refractivity contribution in [3.05, 3.63) is 48.6 Å². The third-order valence-corrected chi connectivity index (χ3v) is 8.78. The molecule has 0 unspecified atom stereocenters. The fourth-order valence-electron chi connectivity index (χ4n) is 5.82. The Balaban J connectivity index is 3.91. The van der Waals surface area contributed by atoms with Gasteiger partial charge in [0.15, 0.2) is 0 Å². The summed E-state index contributed by atoms with van der Waals surface area (Å²) in [5, 5.41) is 0. The molecule has 0 saturated carbocycles. The van der Waals surface area contributed by atoms with Gasteiger partial charge in [-0.1, -0.05) is 152 Å². The molecule has 45 heavy (non-hydrogen) atoms. The van der Waals surface area contributed by atoms with Crippen molar-refractivity contribution in [2.45, 2.75) is 193 Å². The number of nitrogens with zero attached hydrogens (tertiary/aromatic N) is 1. The molecule has 0 amide bonds. The van der Waals surface area contributed by atoms with Gasteiger partial charge in [-0.2, -0.15) is 0 Å². The van der Waals surface area contributed by atoms with Crippen molar-refractivity contribution < 1.29 is 9.22 Å². The Morgan fingerprint density at radius 1 is 0.422 bits per heavy atom. The van der Waals surface area contributed by atoms with Gasteiger partial charge in [-0.25, -0.2) is 0 Å². The molecule has 0 aliphatic rings. The number of ether oxygens (including phenoxy) is 1. The first-order valence-electron chi connectivity index (χ1n) is 20.0. The second-order valence-corrected chi connectivity index (χ2v) is 14.6. The first-order valence-corrected chi connectivity index (χ1v) is 20.0. The summed E-state index contributed by atoms with van der Waals surface area (Å²) in [6.45, 7) is 6.68. The lowest BCUT2D eigenvalue weighted by Gasteiger charge is -2.24. The average molecular weight is 629 g/mol. The zero-order valence-corrected chi connectivity index (χ0v) is 31.6. The third kappa shape index (κ3) is 39.0. The van der Waals surface area contributed by atoms with Crippen LogP contribution in [0.15, 0.2) is 48.6 Å². The summed E-state index contributed by atoms with van der Waals surface area (Å²) in [7, 11) is 6.85. The number of hydrogen-bond acceptors (Lipinski definition) is 1. The smallest absolute Gasteiger partial charge is 0.0802 e. The van der Waals surface area contributed by atoms with E-state index in [9.17, 15) is 0 Å². The summed E-state index contributed by atoms with van der Waals surface area (Å²) in [5.74, 6) is 0. The first-order chi connectivity index (χ1) is 22.0. The second kappa shape index (κ2) is 35.7. The van der Waals surface area contributed by atoms with E-state index in [4.69, 9.17) is 4.74 Å². The van der Waals surface area contributed by atoms with Crippen LogP contribution < -0.4 is 0 Å². The summed E-state index contributed by atoms with van der Waals surface area (Å²) in [5.41, 5.74) is 0. The number of allylic oxidation sites excluding steroid dienone is 8. The average Bonchev–Trinajstić information content (AvgIpc) is 3.01. The Kier molecular flexibility index (Phi) is 34.8. The fraction of sp³-hybridized carbons (Fsp3) is 0.814. The molecule has 0 saturated heterocycles. The van der Waals surface area contributed by atoms with Crippen molar-refractivity contribution in [2.24, 2.45) is 0 Å². The molecule has 0 heterocycles. The van der Waals surface area contributed by atoms with Crippen molar-refractivity contribution in [1.29, 1.82) is 0 Å². The van der Waals surface area contributed by atoms with Crippen molar-refractivity contribution in [3.8, 4) is 0 Å². The molecule has 0 fully saturated rings. The van der Waals surface area contributed by atoms with Gasteiger partial charge < -0.3 is 9.22 Å². The minimum absolute atomic E-state index is 0.481. The maximum Gasteiger partial charge on any atom is 0.0802 e. The molecule has 0 aromatic rings. The van der Waals surface area contributed by atoms with Gasteiger partial charge in [0.05, 0.1) is 40.4 Å². The zero-order chi connectivity index (χ0) is 32.9. The standard InChI is InChI=1S/C43H82NO/c1-6-8-10-12-14-16-18-20-22-24-26-28-30-32-34-36-39-43(45-42-38-41-44(3,4)5)40-37-35-33-31-29-27-25-23-21-19-17-15-13-11-9-7-2/h14-17,20-23,43H,6-13,18-19,24-42H2,1-5H3/q+1/b16-14-,17-15-,22-20-,23-21-. The van der Waals surface area contributed by atoms with Gasteiger partial charge in [0.2, 0.25) is 0 Å². The highest BCUT2D eigenvalue weighted by Crippen LogP contribution is 2.18. The summed E-state index contributed by atoms with van der Waals surface area (Å²) < 4.78 is 7.48. The molecule has 0 bridgehead atoms. The molecule has 0 spiro atoms. The maximum absolute atomic E-state index is 6.45. The Bertz CT molecular complexity index is 634. The predicted octanol–water partition coefficient (Wildman–Crippen LogP) is 13.9. The predicted molar refractivity (Wildman–Crippen MR) is 205 cm³/mol. The highest BCUT2D eigenvalue weighted by Gasteiger charge is 2.11. The molecule has 0 aromatic heterocycles. The monoisotopic (exact) mass is 629 g/mol. The molecule has 264 valence electrons. The molecule has 0 N–H and O–H groups in total. The van der Waals surface area contributed by atoms with E-state index in [0.717, 1.165) is 23.9 Å². The van der Waals surface area contributed by atoms with Crippen LogP contribution in [0.4, 0.5) is 0 Å². The Morgan fingerprint density at radius 2 is 0.778 bits per heavy atom. The van der Waals surface area contributed by atoms with E-state index in [1.165, 1.54) is 167 Å². The van der Waals surface area contributed by atoms with Crippen LogP contribution in [0, 0.1) is 0 Å². The van der Waals surface area contributed by atoms with E-state index < -0.39 is 0 Å². The summed E-state index contributed by atoms with van der Waals surface area (Å²) in [6.07, 6.45) is 54.8. The summed E-state index contributed by atoms with van der Waals surface area (Å²) in [6, 6.07) is 0. The van der Waals surface area contributed by atoms with Crippen LogP contribution in [0.2, 0.25) is 0 Å². The van der Waals surface area contributed by atoms with E-state index in [-0.39, 0.29) is 0 Å². The van der Waals surface area contributed by atoms with E-state index in [1.54, 1.807) is 0 Å². The van der Waals surface area contributed by atoms with Gasteiger partial charge in [0, 0.05) is 6.42 Å². The zero-order valence-electron chi connectivity index (χ0n) is 31.6. The molecule has 0 radical (unpaired) electrons. The van der Waals surface area contributed by atoms with Crippen LogP contribution in [-0.2, 0) is 4.74 Å². The Hall–Kier alpha value is -1.12. The van der Waals surface area contributed by atoms with Crippen LogP contribution in [0.3, 0.4) is 0 Å². The largest absolute Gasteiger partial charge is 0.378 e. The highest BCUT2D eigenvalue weighted by atomic mass is 16.5. The van der Waals surface area contributed by atoms with E-state index in [0.29, 0.717) is 6.10 Å². The molecule has 0 atom stereocenters. The van der Waals surface area contributed by atoms with Crippen LogP contribution >= 0.6 is 0 Å². The van der Waals surface area contributed by atoms with E-state index >= 15 is 0 Å². The lowest BCUT2D eigenvalue weighted by Crippen LogP contribution is -2.36. The topological polar surface area (TPSA) is 9.23 Å². The highest BCUT2D eigenvalue weighted by molar-refractivity contribution is 4.93. The normalized spacial score (nSPS) is 12.8. The molecule has 2 nitrogen and oxygen atoms in total. The lowest BCUT2D eigenvalue weighted by atomic mass is 10.0. The van der Waals surface area contributed by atoms with Crippen LogP contribution in [0.25, 0.3) is 0 Å². The summed E-state index contributed by atoms with van der Waals surface area (Å²) >= 11 is 0. The van der Waals surface area contributed by atoms with Gasteiger partial charge in [-0.3, -0.25) is 0 Å². The van der Waals surface area contributed by atoms with E-state index in [2.05, 4.69) is 83.6 Å². The van der Waals surface area contributed by atoms with Gasteiger partial charge >= 0.3 is 0 Å². The number of unbranched alkanes of at least 4 members (excludes halogenated alkanes) is 18. The lowest BCUT2D eigenvalue weighted by molar-refractivity contribution is -0.870. The molecule has 0 rings (SSSR count). The maximum atomic E-state index is 6.45. The number of hydrogen-bond donors (Lipinski definition) is 0. The molecule has 0 aliphatic heterocycles. The van der Waals surface area contributed by atoms with Crippen molar-refractivity contribution in [1.82, 2.24) is 0 Å². The minimum atomic E-state index is 0.481. The SMILES string of the molecule is CCCCC/C=C\C/C=C\CCCCCCCCC(CCCCCCCC/C=C\C/C=C\CCCCC)OCCC[N+](C)(C)C. The van der Waals surface area contributed by atoms with Gasteiger partial charge in [-0.05, 0) is 77.0 Å². The van der Waals surface area contributed by atoms with Crippen molar-refractivity contribution in [2.75, 3.05) is 34.3 Å². The van der Waals surface area contributed by atoms with Gasteiger partial charge in [-0.15, -0.1) is 0 Å². The van der Waals surface area contributed by atoms with Crippen LogP contribution in [-0.4, -0.2) is 44.9 Å². The fourth-order valence-corrected chi connectivity index (χ4v) is 5.82. The van der Waals surface area contributed by atoms with Gasteiger partial charge in [0.25, 0.3) is 0 Å². The minimum Gasteiger partial charge on any atom is -0.378 e. The van der Waals surface area contributed by atoms with Crippen LogP contribution in [0.1, 0.15) is 187 Å². The quantitative estimate of drug-likeness (QED) is 0.0385. The Morgan fingerprint density at radius 3 is 1.16 bits per heavy atom. The van der Waals surface area contributed by atoms with Crippen LogP contribution in [0.5, 0.6) is 0 Å². The third-order valence-electron chi connectivity index (χ3n) is 8.78. The van der Waals surface area contributed by atoms with Gasteiger partial charge in [0.1, 0.15) is 0 Å². The molecule has 0 aliphatic carbocycles. The first kappa shape index (κ1) is 43.9. The molecular formula is C43H82NO+. The second-order valence-electron chi connectivity index (χ2n) is 14.6. The van der Waals surface area contributed by atoms with Crippen molar-refractivity contribution in [3.63, 3.8) is 0 Å². The van der Waals surface area contributed by atoms with Crippen molar-refractivity contribution >= 4 is 0 Å². The van der Waals surface area contributed by atoms with E-state index in [1.807, 2.05) is 0 Å². The molecule has 0 aromatic carbocycles. The number of rotatable bonds is 35. The Labute approximate surface area is 284 Å².